The van der Waals surface area contributed by atoms with Gasteiger partial charge in [-0.1, -0.05) is 24.3 Å². The Kier molecular flexibility index (Phi) is 6.77. The summed E-state index contributed by atoms with van der Waals surface area (Å²) in [6.45, 7) is 3.68. The van der Waals surface area contributed by atoms with E-state index in [0.29, 0.717) is 29.2 Å². The van der Waals surface area contributed by atoms with Gasteiger partial charge in [0.05, 0.1) is 13.1 Å². The molecule has 0 radical (unpaired) electrons. The quantitative estimate of drug-likeness (QED) is 0.578. The van der Waals surface area contributed by atoms with Crippen LogP contribution in [0.5, 0.6) is 0 Å². The van der Waals surface area contributed by atoms with Crippen LogP contribution in [-0.2, 0) is 11.3 Å². The van der Waals surface area contributed by atoms with Crippen molar-refractivity contribution in [3.8, 4) is 0 Å². The smallest absolute Gasteiger partial charge is 0.251 e. The van der Waals surface area contributed by atoms with Crippen molar-refractivity contribution < 1.29 is 9.59 Å². The van der Waals surface area contributed by atoms with Gasteiger partial charge in [-0.15, -0.1) is 0 Å². The van der Waals surface area contributed by atoms with Crippen LogP contribution < -0.4 is 15.8 Å². The maximum atomic E-state index is 12.4. The molecule has 1 heterocycles. The molecule has 0 aliphatic carbocycles. The van der Waals surface area contributed by atoms with Crippen molar-refractivity contribution in [2.45, 2.75) is 20.4 Å². The predicted octanol–water partition coefficient (Wildman–Crippen LogP) is 3.35. The van der Waals surface area contributed by atoms with Gasteiger partial charge in [0.25, 0.3) is 11.5 Å². The van der Waals surface area contributed by atoms with E-state index in [1.807, 2.05) is 24.3 Å². The topological polar surface area (TPSA) is 95.3 Å². The zero-order valence-electron chi connectivity index (χ0n) is 17.5. The first kappa shape index (κ1) is 21.7. The average molecular weight is 416 g/mol. The van der Waals surface area contributed by atoms with Gasteiger partial charge in [0.2, 0.25) is 5.91 Å². The molecule has 0 spiro atoms. The van der Waals surface area contributed by atoms with E-state index in [1.54, 1.807) is 54.1 Å². The van der Waals surface area contributed by atoms with Crippen molar-refractivity contribution in [3.05, 3.63) is 94.4 Å². The highest BCUT2D eigenvalue weighted by Gasteiger charge is 2.16. The SMILES string of the molecule is CC(=N)CNC(=O)c1cccc(N(C(C)=O)c2ccc(Cn3ccccc3=O)cc2)c1. The zero-order chi connectivity index (χ0) is 22.4. The molecule has 3 aromatic rings. The van der Waals surface area contributed by atoms with Crippen LogP contribution in [0.2, 0.25) is 0 Å². The van der Waals surface area contributed by atoms with Crippen molar-refractivity contribution in [1.29, 1.82) is 5.41 Å². The van der Waals surface area contributed by atoms with Gasteiger partial charge >= 0.3 is 0 Å². The van der Waals surface area contributed by atoms with Crippen LogP contribution in [-0.4, -0.2) is 28.6 Å². The van der Waals surface area contributed by atoms with E-state index in [-0.39, 0.29) is 23.9 Å². The molecule has 1 aromatic heterocycles. The van der Waals surface area contributed by atoms with Crippen molar-refractivity contribution in [2.75, 3.05) is 11.4 Å². The summed E-state index contributed by atoms with van der Waals surface area (Å²) in [5.74, 6) is -0.500. The maximum absolute atomic E-state index is 12.4. The number of benzene rings is 2. The number of carbonyl (C=O) groups excluding carboxylic acids is 2. The summed E-state index contributed by atoms with van der Waals surface area (Å²) in [6.07, 6.45) is 1.73. The highest BCUT2D eigenvalue weighted by Crippen LogP contribution is 2.27. The summed E-state index contributed by atoms with van der Waals surface area (Å²) in [4.78, 5) is 38.2. The third kappa shape index (κ3) is 5.54. The fourth-order valence-electron chi connectivity index (χ4n) is 3.15. The highest BCUT2D eigenvalue weighted by atomic mass is 16.2. The molecule has 0 aliphatic heterocycles. The molecular weight excluding hydrogens is 392 g/mol. The van der Waals surface area contributed by atoms with Gasteiger partial charge in [-0.2, -0.15) is 0 Å². The van der Waals surface area contributed by atoms with E-state index < -0.39 is 0 Å². The summed E-state index contributed by atoms with van der Waals surface area (Å²) < 4.78 is 1.61. The number of nitrogens with one attached hydrogen (secondary N) is 2. The molecule has 7 heteroatoms. The van der Waals surface area contributed by atoms with E-state index in [1.165, 1.54) is 17.9 Å². The number of rotatable bonds is 7. The molecule has 3 rings (SSSR count). The molecule has 7 nitrogen and oxygen atoms in total. The number of carbonyl (C=O) groups is 2. The van der Waals surface area contributed by atoms with Crippen LogP contribution >= 0.6 is 0 Å². The Bertz CT molecular complexity index is 1170. The average Bonchev–Trinajstić information content (AvgIpc) is 2.75. The molecule has 2 amide bonds. The first-order valence-corrected chi connectivity index (χ1v) is 9.82. The molecule has 31 heavy (non-hydrogen) atoms. The summed E-state index contributed by atoms with van der Waals surface area (Å²) in [5, 5.41) is 10.1. The minimum atomic E-state index is -0.305. The molecule has 2 aromatic carbocycles. The summed E-state index contributed by atoms with van der Waals surface area (Å²) in [5.41, 5.74) is 2.84. The lowest BCUT2D eigenvalue weighted by Crippen LogP contribution is -2.28. The third-order valence-corrected chi connectivity index (χ3v) is 4.64. The largest absolute Gasteiger partial charge is 0.347 e. The molecular formula is C24H24N4O3. The summed E-state index contributed by atoms with van der Waals surface area (Å²) in [6, 6.07) is 19.2. The Morgan fingerprint density at radius 2 is 1.71 bits per heavy atom. The molecule has 158 valence electrons. The Morgan fingerprint density at radius 3 is 2.35 bits per heavy atom. The summed E-state index contributed by atoms with van der Waals surface area (Å²) >= 11 is 0. The molecule has 0 fully saturated rings. The van der Waals surface area contributed by atoms with Gasteiger partial charge in [0, 0.05) is 41.8 Å². The minimum absolute atomic E-state index is 0.0785. The molecule has 0 aliphatic rings. The Hall–Kier alpha value is -4.00. The normalized spacial score (nSPS) is 10.4. The van der Waals surface area contributed by atoms with Crippen LogP contribution in [0.3, 0.4) is 0 Å². The second kappa shape index (κ2) is 9.67. The van der Waals surface area contributed by atoms with Gasteiger partial charge in [-0.05, 0) is 48.9 Å². The first-order chi connectivity index (χ1) is 14.8. The fraction of sp³-hybridized carbons (Fsp3) is 0.167. The van der Waals surface area contributed by atoms with Gasteiger partial charge in [0.15, 0.2) is 0 Å². The molecule has 0 bridgehead atoms. The number of anilines is 2. The van der Waals surface area contributed by atoms with Crippen molar-refractivity contribution in [3.63, 3.8) is 0 Å². The number of aromatic nitrogens is 1. The van der Waals surface area contributed by atoms with E-state index >= 15 is 0 Å². The Labute approximate surface area is 180 Å². The van der Waals surface area contributed by atoms with E-state index in [0.717, 1.165) is 5.56 Å². The number of hydrogen-bond acceptors (Lipinski definition) is 4. The second-order valence-corrected chi connectivity index (χ2v) is 7.20. The van der Waals surface area contributed by atoms with Crippen molar-refractivity contribution >= 4 is 28.9 Å². The van der Waals surface area contributed by atoms with Gasteiger partial charge in [-0.25, -0.2) is 0 Å². The molecule has 0 saturated heterocycles. The molecule has 0 atom stereocenters. The van der Waals surface area contributed by atoms with Crippen LogP contribution in [0.15, 0.2) is 77.7 Å². The Balaban J connectivity index is 1.84. The maximum Gasteiger partial charge on any atom is 0.251 e. The van der Waals surface area contributed by atoms with Crippen LogP contribution in [0.1, 0.15) is 29.8 Å². The van der Waals surface area contributed by atoms with Gasteiger partial charge < -0.3 is 15.3 Å². The predicted molar refractivity (Wildman–Crippen MR) is 121 cm³/mol. The van der Waals surface area contributed by atoms with Crippen LogP contribution in [0.4, 0.5) is 11.4 Å². The zero-order valence-corrected chi connectivity index (χ0v) is 17.5. The van der Waals surface area contributed by atoms with Crippen molar-refractivity contribution in [1.82, 2.24) is 9.88 Å². The van der Waals surface area contributed by atoms with E-state index in [4.69, 9.17) is 5.41 Å². The van der Waals surface area contributed by atoms with Gasteiger partial charge in [0.1, 0.15) is 0 Å². The molecule has 0 unspecified atom stereocenters. The lowest BCUT2D eigenvalue weighted by molar-refractivity contribution is -0.115. The number of nitrogens with zero attached hydrogens (tertiary/aromatic N) is 2. The molecule has 2 N–H and O–H groups in total. The lowest BCUT2D eigenvalue weighted by atomic mass is 10.1. The van der Waals surface area contributed by atoms with Crippen LogP contribution in [0, 0.1) is 5.41 Å². The highest BCUT2D eigenvalue weighted by molar-refractivity contribution is 6.02. The number of pyridine rings is 1. The summed E-state index contributed by atoms with van der Waals surface area (Å²) in [7, 11) is 0. The van der Waals surface area contributed by atoms with Crippen LogP contribution in [0.25, 0.3) is 0 Å². The molecule has 0 saturated carbocycles. The first-order valence-electron chi connectivity index (χ1n) is 9.82. The minimum Gasteiger partial charge on any atom is -0.347 e. The number of amides is 2. The standard InChI is InChI=1S/C24H24N4O3/c1-17(25)15-26-24(31)20-6-5-7-22(14-20)28(18(2)29)21-11-9-19(10-12-21)16-27-13-4-3-8-23(27)30/h3-14,25H,15-16H2,1-2H3,(H,26,31). The lowest BCUT2D eigenvalue weighted by Gasteiger charge is -2.22. The fourth-order valence-corrected chi connectivity index (χ4v) is 3.15. The second-order valence-electron chi connectivity index (χ2n) is 7.20. The van der Waals surface area contributed by atoms with E-state index in [2.05, 4.69) is 5.32 Å². The van der Waals surface area contributed by atoms with E-state index in [9.17, 15) is 14.4 Å². The number of hydrogen-bond donors (Lipinski definition) is 2. The third-order valence-electron chi connectivity index (χ3n) is 4.64. The van der Waals surface area contributed by atoms with Gasteiger partial charge in [-0.3, -0.25) is 19.3 Å². The monoisotopic (exact) mass is 416 g/mol. The van der Waals surface area contributed by atoms with Crippen molar-refractivity contribution in [2.24, 2.45) is 0 Å². The Morgan fingerprint density at radius 1 is 0.968 bits per heavy atom.